The van der Waals surface area contributed by atoms with Crippen molar-refractivity contribution in [3.8, 4) is 0 Å². The van der Waals surface area contributed by atoms with Crippen molar-refractivity contribution in [3.05, 3.63) is 0 Å². The summed E-state index contributed by atoms with van der Waals surface area (Å²) in [5, 5.41) is 8.20. The first-order chi connectivity index (χ1) is 6.99. The summed E-state index contributed by atoms with van der Waals surface area (Å²) in [6, 6.07) is -0.806. The monoisotopic (exact) mass is 235 g/mol. The molecule has 0 aliphatic rings. The molecule has 0 saturated carbocycles. The maximum absolute atomic E-state index is 11.1. The molecule has 0 radical (unpaired) electrons. The van der Waals surface area contributed by atoms with Gasteiger partial charge in [0.25, 0.3) is 5.78 Å². The molecule has 3 N–H and O–H groups in total. The highest BCUT2D eigenvalue weighted by molar-refractivity contribution is 7.98. The van der Waals surface area contributed by atoms with Crippen LogP contribution in [0.2, 0.25) is 0 Å². The Morgan fingerprint density at radius 3 is 2.53 bits per heavy atom. The quantitative estimate of drug-likeness (QED) is 0.442. The lowest BCUT2D eigenvalue weighted by Gasteiger charge is -2.09. The van der Waals surface area contributed by atoms with Crippen molar-refractivity contribution < 1.29 is 24.2 Å². The topological polar surface area (TPSA) is 107 Å². The summed E-state index contributed by atoms with van der Waals surface area (Å²) in [4.78, 5) is 31.7. The highest BCUT2D eigenvalue weighted by Gasteiger charge is 2.18. The third-order valence-corrected chi connectivity index (χ3v) is 2.16. The molecule has 0 unspecified atom stereocenters. The normalized spacial score (nSPS) is 11.9. The van der Waals surface area contributed by atoms with Crippen molar-refractivity contribution in [2.75, 3.05) is 18.6 Å². The summed E-state index contributed by atoms with van der Waals surface area (Å²) in [5.41, 5.74) is 5.42. The smallest absolute Gasteiger partial charge is 0.375 e. The van der Waals surface area contributed by atoms with E-state index < -0.39 is 30.4 Å². The van der Waals surface area contributed by atoms with E-state index in [9.17, 15) is 14.4 Å². The van der Waals surface area contributed by atoms with E-state index in [-0.39, 0.29) is 0 Å². The Hall–Kier alpha value is -1.08. The number of carboxylic acids is 1. The Balaban J connectivity index is 3.82. The summed E-state index contributed by atoms with van der Waals surface area (Å²) in [5.74, 6) is -2.84. The van der Waals surface area contributed by atoms with Gasteiger partial charge in [-0.1, -0.05) is 0 Å². The molecular weight excluding hydrogens is 222 g/mol. The first-order valence-corrected chi connectivity index (χ1v) is 5.55. The second-order valence-electron chi connectivity index (χ2n) is 2.72. The van der Waals surface area contributed by atoms with E-state index in [1.807, 2.05) is 6.26 Å². The predicted molar refractivity (Wildman–Crippen MR) is 54.6 cm³/mol. The average molecular weight is 235 g/mol. The largest absolute Gasteiger partial charge is 0.475 e. The lowest BCUT2D eigenvalue weighted by Crippen LogP contribution is -2.34. The molecular formula is C8H13NO5S. The number of hydrogen-bond acceptors (Lipinski definition) is 6. The molecule has 0 aliphatic heterocycles. The molecule has 0 saturated heterocycles. The number of carbonyl (C=O) groups excluding carboxylic acids is 2. The van der Waals surface area contributed by atoms with Crippen LogP contribution >= 0.6 is 11.8 Å². The predicted octanol–water partition coefficient (Wildman–Crippen LogP) is -0.736. The van der Waals surface area contributed by atoms with Gasteiger partial charge < -0.3 is 15.6 Å². The molecule has 0 rings (SSSR count). The minimum Gasteiger partial charge on any atom is -0.475 e. The van der Waals surface area contributed by atoms with Gasteiger partial charge in [-0.25, -0.2) is 4.79 Å². The average Bonchev–Trinajstić information content (AvgIpc) is 2.21. The van der Waals surface area contributed by atoms with Crippen LogP contribution in [-0.4, -0.2) is 47.5 Å². The van der Waals surface area contributed by atoms with Crippen molar-refractivity contribution in [1.82, 2.24) is 0 Å². The van der Waals surface area contributed by atoms with Crippen LogP contribution in [0.1, 0.15) is 6.42 Å². The van der Waals surface area contributed by atoms with Crippen LogP contribution in [0.3, 0.4) is 0 Å². The summed E-state index contributed by atoms with van der Waals surface area (Å²) in [7, 11) is 0. The number of carbonyl (C=O) groups is 3. The maximum atomic E-state index is 11.1. The number of ketones is 1. The summed E-state index contributed by atoms with van der Waals surface area (Å²) >= 11 is 1.53. The number of carboxylic acid groups (broad SMARTS) is 1. The first-order valence-electron chi connectivity index (χ1n) is 4.16. The van der Waals surface area contributed by atoms with Crippen LogP contribution in [-0.2, 0) is 19.1 Å². The number of aliphatic carboxylic acids is 1. The van der Waals surface area contributed by atoms with Gasteiger partial charge in [-0.3, -0.25) is 9.59 Å². The first kappa shape index (κ1) is 13.9. The molecule has 0 heterocycles. The van der Waals surface area contributed by atoms with Crippen LogP contribution < -0.4 is 5.73 Å². The SMILES string of the molecule is CSCC[C@H](N)C(=O)OCC(=O)C(=O)O. The number of nitrogens with two attached hydrogens (primary N) is 1. The zero-order chi connectivity index (χ0) is 11.8. The highest BCUT2D eigenvalue weighted by atomic mass is 32.2. The number of Topliss-reactive ketones (excluding diaryl/α,β-unsaturated/α-hetero) is 1. The molecule has 15 heavy (non-hydrogen) atoms. The second kappa shape index (κ2) is 7.24. The van der Waals surface area contributed by atoms with Gasteiger partial charge in [0.05, 0.1) is 0 Å². The standard InChI is InChI=1S/C8H13NO5S/c1-15-3-2-5(9)8(13)14-4-6(10)7(11)12/h5H,2-4,9H2,1H3,(H,11,12)/t5-/m0/s1. The van der Waals surface area contributed by atoms with E-state index in [2.05, 4.69) is 4.74 Å². The molecule has 0 aromatic carbocycles. The summed E-state index contributed by atoms with van der Waals surface area (Å²) in [6.45, 7) is -0.763. The van der Waals surface area contributed by atoms with E-state index >= 15 is 0 Å². The fraction of sp³-hybridized carbons (Fsp3) is 0.625. The number of esters is 1. The van der Waals surface area contributed by atoms with Crippen molar-refractivity contribution in [2.45, 2.75) is 12.5 Å². The zero-order valence-corrected chi connectivity index (χ0v) is 9.08. The van der Waals surface area contributed by atoms with Gasteiger partial charge >= 0.3 is 11.9 Å². The zero-order valence-electron chi connectivity index (χ0n) is 8.26. The molecule has 1 atom stereocenters. The Bertz CT molecular complexity index is 255. The second-order valence-corrected chi connectivity index (χ2v) is 3.71. The van der Waals surface area contributed by atoms with Crippen LogP contribution in [0.5, 0.6) is 0 Å². The molecule has 0 aliphatic carbocycles. The third kappa shape index (κ3) is 6.08. The van der Waals surface area contributed by atoms with Gasteiger partial charge in [-0.05, 0) is 18.4 Å². The van der Waals surface area contributed by atoms with Gasteiger partial charge in [0.15, 0.2) is 6.61 Å². The molecule has 86 valence electrons. The molecule has 0 spiro atoms. The number of thioether (sulfide) groups is 1. The number of ether oxygens (including phenoxy) is 1. The molecule has 0 bridgehead atoms. The highest BCUT2D eigenvalue weighted by Crippen LogP contribution is 2.00. The van der Waals surface area contributed by atoms with Gasteiger partial charge in [0, 0.05) is 0 Å². The van der Waals surface area contributed by atoms with Crippen molar-refractivity contribution >= 4 is 29.5 Å². The lowest BCUT2D eigenvalue weighted by atomic mass is 10.2. The van der Waals surface area contributed by atoms with E-state index in [0.717, 1.165) is 0 Å². The van der Waals surface area contributed by atoms with Gasteiger partial charge in [-0.2, -0.15) is 11.8 Å². The minimum atomic E-state index is -1.62. The summed E-state index contributed by atoms with van der Waals surface area (Å²) < 4.78 is 4.42. The molecule has 6 nitrogen and oxygen atoms in total. The molecule has 0 fully saturated rings. The van der Waals surface area contributed by atoms with Crippen LogP contribution in [0.25, 0.3) is 0 Å². The third-order valence-electron chi connectivity index (χ3n) is 1.52. The minimum absolute atomic E-state index is 0.432. The Morgan fingerprint density at radius 2 is 2.07 bits per heavy atom. The van der Waals surface area contributed by atoms with Crippen molar-refractivity contribution in [3.63, 3.8) is 0 Å². The Kier molecular flexibility index (Phi) is 6.72. The van der Waals surface area contributed by atoms with Crippen LogP contribution in [0, 0.1) is 0 Å². The maximum Gasteiger partial charge on any atom is 0.375 e. The number of hydrogen-bond donors (Lipinski definition) is 2. The molecule has 0 amide bonds. The summed E-state index contributed by atoms with van der Waals surface area (Å²) in [6.07, 6.45) is 2.30. The Labute approximate surface area is 91.1 Å². The van der Waals surface area contributed by atoms with E-state index in [0.29, 0.717) is 12.2 Å². The van der Waals surface area contributed by atoms with E-state index in [1.165, 1.54) is 11.8 Å². The molecule has 0 aromatic heterocycles. The van der Waals surface area contributed by atoms with Gasteiger partial charge in [-0.15, -0.1) is 0 Å². The Morgan fingerprint density at radius 1 is 1.47 bits per heavy atom. The lowest BCUT2D eigenvalue weighted by molar-refractivity contribution is -0.156. The fourth-order valence-corrected chi connectivity index (χ4v) is 1.16. The molecule has 7 heteroatoms. The van der Waals surface area contributed by atoms with Crippen molar-refractivity contribution in [2.24, 2.45) is 5.73 Å². The fourth-order valence-electron chi connectivity index (χ4n) is 0.668. The van der Waals surface area contributed by atoms with Crippen molar-refractivity contribution in [1.29, 1.82) is 0 Å². The molecule has 0 aromatic rings. The van der Waals surface area contributed by atoms with Crippen LogP contribution in [0.4, 0.5) is 0 Å². The van der Waals surface area contributed by atoms with Gasteiger partial charge in [0.1, 0.15) is 6.04 Å². The van der Waals surface area contributed by atoms with E-state index in [1.54, 1.807) is 0 Å². The van der Waals surface area contributed by atoms with Gasteiger partial charge in [0.2, 0.25) is 0 Å². The number of rotatable bonds is 7. The van der Waals surface area contributed by atoms with E-state index in [4.69, 9.17) is 10.8 Å². The van der Waals surface area contributed by atoms with Crippen LogP contribution in [0.15, 0.2) is 0 Å².